The summed E-state index contributed by atoms with van der Waals surface area (Å²) in [5.74, 6) is 0. The number of benzene rings is 2. The first-order valence-electron chi connectivity index (χ1n) is 5.30. The van der Waals surface area contributed by atoms with Crippen LogP contribution in [0.15, 0.2) is 48.6 Å². The van der Waals surface area contributed by atoms with Crippen molar-refractivity contribution < 1.29 is 0 Å². The number of fused-ring (bicyclic) bond motifs is 1. The summed E-state index contributed by atoms with van der Waals surface area (Å²) < 4.78 is 0. The summed E-state index contributed by atoms with van der Waals surface area (Å²) in [5.41, 5.74) is 3.99. The van der Waals surface area contributed by atoms with Crippen molar-refractivity contribution >= 4 is 10.8 Å². The minimum atomic E-state index is 0.979. The molecule has 0 amide bonds. The average Bonchev–Trinajstić information content (AvgIpc) is 2.22. The van der Waals surface area contributed by atoms with Crippen molar-refractivity contribution in [2.75, 3.05) is 0 Å². The van der Waals surface area contributed by atoms with Crippen LogP contribution in [-0.2, 0) is 6.42 Å². The van der Waals surface area contributed by atoms with Gasteiger partial charge in [0, 0.05) is 0 Å². The first-order valence-corrected chi connectivity index (χ1v) is 5.30. The summed E-state index contributed by atoms with van der Waals surface area (Å²) in [6.45, 7) is 8.25. The van der Waals surface area contributed by atoms with Gasteiger partial charge in [0.1, 0.15) is 0 Å². The van der Waals surface area contributed by atoms with Gasteiger partial charge in [0.05, 0.1) is 0 Å². The molecular formula is C15H16. The lowest BCUT2D eigenvalue weighted by atomic mass is 9.95. The maximum atomic E-state index is 4.00. The van der Waals surface area contributed by atoms with E-state index in [-0.39, 0.29) is 0 Å². The predicted octanol–water partition coefficient (Wildman–Crippen LogP) is 4.27. The Balaban J connectivity index is 2.68. The molecule has 15 heavy (non-hydrogen) atoms. The predicted molar refractivity (Wildman–Crippen MR) is 67.2 cm³/mol. The first kappa shape index (κ1) is 9.97. The van der Waals surface area contributed by atoms with Crippen molar-refractivity contribution in [3.63, 3.8) is 0 Å². The van der Waals surface area contributed by atoms with Crippen molar-refractivity contribution in [3.05, 3.63) is 59.7 Å². The number of allylic oxidation sites excluding steroid dienone is 1. The van der Waals surface area contributed by atoms with E-state index in [9.17, 15) is 0 Å². The molecule has 0 spiro atoms. The molecule has 2 aromatic carbocycles. The van der Waals surface area contributed by atoms with Gasteiger partial charge in [-0.2, -0.15) is 0 Å². The Morgan fingerprint density at radius 1 is 1.13 bits per heavy atom. The van der Waals surface area contributed by atoms with E-state index in [1.807, 2.05) is 0 Å². The second-order valence-electron chi connectivity index (χ2n) is 4.22. The zero-order valence-electron chi connectivity index (χ0n) is 9.38. The molecule has 0 aromatic heterocycles. The Morgan fingerprint density at radius 2 is 1.87 bits per heavy atom. The van der Waals surface area contributed by atoms with E-state index in [1.165, 1.54) is 27.5 Å². The summed E-state index contributed by atoms with van der Waals surface area (Å²) in [4.78, 5) is 0. The maximum Gasteiger partial charge on any atom is -0.00638 e. The van der Waals surface area contributed by atoms with E-state index in [0.717, 1.165) is 6.42 Å². The lowest BCUT2D eigenvalue weighted by molar-refractivity contribution is 1.14. The van der Waals surface area contributed by atoms with Crippen molar-refractivity contribution in [3.8, 4) is 0 Å². The highest BCUT2D eigenvalue weighted by Crippen LogP contribution is 2.23. The molecule has 2 rings (SSSR count). The molecule has 0 heterocycles. The van der Waals surface area contributed by atoms with Crippen LogP contribution in [0.3, 0.4) is 0 Å². The molecule has 0 aliphatic rings. The second kappa shape index (κ2) is 3.90. The first-order chi connectivity index (χ1) is 7.18. The monoisotopic (exact) mass is 196 g/mol. The Labute approximate surface area is 91.2 Å². The van der Waals surface area contributed by atoms with Crippen molar-refractivity contribution in [2.24, 2.45) is 0 Å². The van der Waals surface area contributed by atoms with Crippen LogP contribution in [0.4, 0.5) is 0 Å². The molecule has 0 N–H and O–H groups in total. The molecule has 2 aromatic rings. The molecular weight excluding hydrogens is 180 g/mol. The van der Waals surface area contributed by atoms with Gasteiger partial charge in [0.2, 0.25) is 0 Å². The molecule has 0 nitrogen and oxygen atoms in total. The van der Waals surface area contributed by atoms with E-state index in [2.05, 4.69) is 56.8 Å². The minimum absolute atomic E-state index is 0.979. The number of hydrogen-bond acceptors (Lipinski definition) is 0. The zero-order chi connectivity index (χ0) is 10.8. The Hall–Kier alpha value is -1.56. The van der Waals surface area contributed by atoms with Crippen molar-refractivity contribution in [1.29, 1.82) is 0 Å². The lowest BCUT2D eigenvalue weighted by Crippen LogP contribution is -1.92. The van der Waals surface area contributed by atoms with Crippen LogP contribution in [0, 0.1) is 6.92 Å². The van der Waals surface area contributed by atoms with Gasteiger partial charge in [-0.3, -0.25) is 0 Å². The fourth-order valence-electron chi connectivity index (χ4n) is 1.98. The third-order valence-corrected chi connectivity index (χ3v) is 2.75. The largest absolute Gasteiger partial charge is 0.0998 e. The standard InChI is InChI=1S/C15H16/c1-11(2)10-15-12(3)8-9-13-6-4-5-7-14(13)15/h4-9H,1,10H2,2-3H3. The Kier molecular flexibility index (Phi) is 2.59. The van der Waals surface area contributed by atoms with Gasteiger partial charge in [0.25, 0.3) is 0 Å². The molecule has 0 bridgehead atoms. The smallest absolute Gasteiger partial charge is 0.00638 e. The van der Waals surface area contributed by atoms with E-state index < -0.39 is 0 Å². The van der Waals surface area contributed by atoms with Crippen LogP contribution in [0.1, 0.15) is 18.1 Å². The highest BCUT2D eigenvalue weighted by atomic mass is 14.1. The summed E-state index contributed by atoms with van der Waals surface area (Å²) in [5, 5.41) is 2.68. The van der Waals surface area contributed by atoms with Crippen molar-refractivity contribution in [2.45, 2.75) is 20.3 Å². The third kappa shape index (κ3) is 1.94. The van der Waals surface area contributed by atoms with Gasteiger partial charge in [-0.05, 0) is 42.2 Å². The molecule has 0 saturated heterocycles. The van der Waals surface area contributed by atoms with E-state index in [1.54, 1.807) is 0 Å². The summed E-state index contributed by atoms with van der Waals surface area (Å²) >= 11 is 0. The average molecular weight is 196 g/mol. The van der Waals surface area contributed by atoms with Crippen LogP contribution in [-0.4, -0.2) is 0 Å². The fraction of sp³-hybridized carbons (Fsp3) is 0.200. The Bertz CT molecular complexity index is 506. The highest BCUT2D eigenvalue weighted by Gasteiger charge is 2.03. The molecule has 0 saturated carbocycles. The number of rotatable bonds is 2. The summed E-state index contributed by atoms with van der Waals surface area (Å²) in [6, 6.07) is 12.9. The molecule has 0 unspecified atom stereocenters. The molecule has 76 valence electrons. The van der Waals surface area contributed by atoms with Gasteiger partial charge in [0.15, 0.2) is 0 Å². The molecule has 0 aliphatic carbocycles. The summed E-state index contributed by atoms with van der Waals surface area (Å²) in [7, 11) is 0. The quantitative estimate of drug-likeness (QED) is 0.629. The van der Waals surface area contributed by atoms with Gasteiger partial charge >= 0.3 is 0 Å². The summed E-state index contributed by atoms with van der Waals surface area (Å²) in [6.07, 6.45) is 0.979. The molecule has 0 aliphatic heterocycles. The van der Waals surface area contributed by atoms with Gasteiger partial charge < -0.3 is 0 Å². The zero-order valence-corrected chi connectivity index (χ0v) is 9.38. The second-order valence-corrected chi connectivity index (χ2v) is 4.22. The number of aryl methyl sites for hydroxylation is 1. The van der Waals surface area contributed by atoms with Crippen LogP contribution >= 0.6 is 0 Å². The SMILES string of the molecule is C=C(C)Cc1c(C)ccc2ccccc12. The molecule has 0 fully saturated rings. The van der Waals surface area contributed by atoms with E-state index in [0.29, 0.717) is 0 Å². The van der Waals surface area contributed by atoms with Crippen LogP contribution < -0.4 is 0 Å². The fourth-order valence-corrected chi connectivity index (χ4v) is 1.98. The third-order valence-electron chi connectivity index (χ3n) is 2.75. The minimum Gasteiger partial charge on any atom is -0.0998 e. The molecule has 0 heteroatoms. The Morgan fingerprint density at radius 3 is 2.60 bits per heavy atom. The number of hydrogen-bond donors (Lipinski definition) is 0. The van der Waals surface area contributed by atoms with Crippen LogP contribution in [0.25, 0.3) is 10.8 Å². The molecule has 0 radical (unpaired) electrons. The van der Waals surface area contributed by atoms with E-state index in [4.69, 9.17) is 0 Å². The van der Waals surface area contributed by atoms with Gasteiger partial charge in [-0.15, -0.1) is 0 Å². The van der Waals surface area contributed by atoms with Crippen LogP contribution in [0.5, 0.6) is 0 Å². The maximum absolute atomic E-state index is 4.00. The van der Waals surface area contributed by atoms with Gasteiger partial charge in [-0.25, -0.2) is 0 Å². The highest BCUT2D eigenvalue weighted by molar-refractivity contribution is 5.87. The van der Waals surface area contributed by atoms with Crippen LogP contribution in [0.2, 0.25) is 0 Å². The topological polar surface area (TPSA) is 0 Å². The van der Waals surface area contributed by atoms with Crippen molar-refractivity contribution in [1.82, 2.24) is 0 Å². The van der Waals surface area contributed by atoms with E-state index >= 15 is 0 Å². The molecule has 0 atom stereocenters. The lowest BCUT2D eigenvalue weighted by Gasteiger charge is -2.10. The van der Waals surface area contributed by atoms with Gasteiger partial charge in [-0.1, -0.05) is 48.6 Å². The normalized spacial score (nSPS) is 10.5.